The Balaban J connectivity index is 1.88. The molecular formula is C18H14F6N2O2S. The molecule has 29 heavy (non-hydrogen) atoms. The van der Waals surface area contributed by atoms with Gasteiger partial charge >= 0.3 is 12.4 Å². The number of alkyl halides is 6. The minimum Gasteiger partial charge on any atom is -0.325 e. The third-order valence-electron chi connectivity index (χ3n) is 3.48. The van der Waals surface area contributed by atoms with E-state index in [0.717, 1.165) is 36.0 Å². The minimum atomic E-state index is -4.65. The monoisotopic (exact) mass is 436 g/mol. The normalized spacial score (nSPS) is 11.8. The predicted octanol–water partition coefficient (Wildman–Crippen LogP) is 5.03. The summed E-state index contributed by atoms with van der Waals surface area (Å²) in [6, 6.07) is 8.81. The minimum absolute atomic E-state index is 0.361. The predicted molar refractivity (Wildman–Crippen MR) is 97.5 cm³/mol. The number of carbonyl (C=O) groups is 2. The average molecular weight is 436 g/mol. The van der Waals surface area contributed by atoms with Crippen LogP contribution < -0.4 is 10.6 Å². The van der Waals surface area contributed by atoms with E-state index in [0.29, 0.717) is 0 Å². The molecule has 0 spiro atoms. The van der Waals surface area contributed by atoms with Gasteiger partial charge in [0.2, 0.25) is 11.8 Å². The molecule has 0 bridgehead atoms. The molecule has 0 aromatic heterocycles. The van der Waals surface area contributed by atoms with Gasteiger partial charge in [-0.25, -0.2) is 0 Å². The summed E-state index contributed by atoms with van der Waals surface area (Å²) in [4.78, 5) is 23.7. The molecule has 0 radical (unpaired) electrons. The lowest BCUT2D eigenvalue weighted by Crippen LogP contribution is -2.21. The average Bonchev–Trinajstić information content (AvgIpc) is 2.60. The standard InChI is InChI=1S/C18H14F6N2O2S/c19-17(20,21)11-5-1-3-7-13(11)25-15(27)9-29-10-16(28)26-14-8-4-2-6-12(14)18(22,23)24/h1-8H,9-10H2,(H,25,27)(H,26,28). The van der Waals surface area contributed by atoms with Crippen molar-refractivity contribution in [1.29, 1.82) is 0 Å². The molecule has 156 valence electrons. The number of thioether (sulfide) groups is 1. The number of hydrogen-bond donors (Lipinski definition) is 2. The van der Waals surface area contributed by atoms with E-state index in [4.69, 9.17) is 0 Å². The van der Waals surface area contributed by atoms with Crippen molar-refractivity contribution < 1.29 is 35.9 Å². The second kappa shape index (κ2) is 9.21. The summed E-state index contributed by atoms with van der Waals surface area (Å²) in [5, 5.41) is 4.22. The van der Waals surface area contributed by atoms with Crippen LogP contribution in [0.15, 0.2) is 48.5 Å². The van der Waals surface area contributed by atoms with Gasteiger partial charge in [-0.3, -0.25) is 9.59 Å². The first-order valence-corrected chi connectivity index (χ1v) is 9.14. The van der Waals surface area contributed by atoms with Crippen LogP contribution in [0, 0.1) is 0 Å². The van der Waals surface area contributed by atoms with Crippen molar-refractivity contribution in [2.75, 3.05) is 22.1 Å². The third-order valence-corrected chi connectivity index (χ3v) is 4.41. The van der Waals surface area contributed by atoms with Crippen LogP contribution in [0.25, 0.3) is 0 Å². The molecule has 2 amide bonds. The third kappa shape index (κ3) is 6.70. The van der Waals surface area contributed by atoms with Crippen molar-refractivity contribution in [3.8, 4) is 0 Å². The SMILES string of the molecule is O=C(CSCC(=O)Nc1ccccc1C(F)(F)F)Nc1ccccc1C(F)(F)F. The van der Waals surface area contributed by atoms with Gasteiger partial charge < -0.3 is 10.6 Å². The lowest BCUT2D eigenvalue weighted by atomic mass is 10.1. The molecule has 0 atom stereocenters. The smallest absolute Gasteiger partial charge is 0.325 e. The van der Waals surface area contributed by atoms with Gasteiger partial charge in [0.05, 0.1) is 34.0 Å². The van der Waals surface area contributed by atoms with Gasteiger partial charge in [0.1, 0.15) is 0 Å². The van der Waals surface area contributed by atoms with Gasteiger partial charge in [-0.15, -0.1) is 11.8 Å². The molecule has 0 aliphatic rings. The van der Waals surface area contributed by atoms with Crippen LogP contribution in [0.4, 0.5) is 37.7 Å². The van der Waals surface area contributed by atoms with Crippen LogP contribution in [-0.4, -0.2) is 23.3 Å². The molecular weight excluding hydrogens is 422 g/mol. The second-order valence-corrected chi connectivity index (χ2v) is 6.66. The van der Waals surface area contributed by atoms with Crippen molar-refractivity contribution >= 4 is 35.0 Å². The fourth-order valence-electron chi connectivity index (χ4n) is 2.29. The quantitative estimate of drug-likeness (QED) is 0.625. The zero-order valence-electron chi connectivity index (χ0n) is 14.5. The van der Waals surface area contributed by atoms with Crippen LogP contribution in [0.2, 0.25) is 0 Å². The molecule has 11 heteroatoms. The first-order chi connectivity index (χ1) is 13.5. The Kier molecular flexibility index (Phi) is 7.17. The number of amides is 2. The molecule has 2 rings (SSSR count). The molecule has 0 heterocycles. The lowest BCUT2D eigenvalue weighted by Gasteiger charge is -2.14. The highest BCUT2D eigenvalue weighted by atomic mass is 32.2. The van der Waals surface area contributed by atoms with Gasteiger partial charge in [0.15, 0.2) is 0 Å². The van der Waals surface area contributed by atoms with E-state index in [1.54, 1.807) is 0 Å². The van der Waals surface area contributed by atoms with E-state index in [1.807, 2.05) is 0 Å². The Morgan fingerprint density at radius 2 is 1.03 bits per heavy atom. The highest BCUT2D eigenvalue weighted by Gasteiger charge is 2.34. The van der Waals surface area contributed by atoms with Crippen molar-refractivity contribution in [2.24, 2.45) is 0 Å². The van der Waals surface area contributed by atoms with E-state index in [2.05, 4.69) is 10.6 Å². The summed E-state index contributed by atoms with van der Waals surface area (Å²) in [5.74, 6) is -2.29. The molecule has 2 aromatic rings. The summed E-state index contributed by atoms with van der Waals surface area (Å²) in [7, 11) is 0. The Morgan fingerprint density at radius 3 is 1.38 bits per heavy atom. The van der Waals surface area contributed by atoms with Crippen molar-refractivity contribution in [3.63, 3.8) is 0 Å². The van der Waals surface area contributed by atoms with E-state index >= 15 is 0 Å². The fourth-order valence-corrected chi connectivity index (χ4v) is 2.90. The summed E-state index contributed by atoms with van der Waals surface area (Å²) in [5.41, 5.74) is -2.87. The van der Waals surface area contributed by atoms with Crippen LogP contribution in [0.5, 0.6) is 0 Å². The van der Waals surface area contributed by atoms with Crippen LogP contribution in [0.1, 0.15) is 11.1 Å². The Bertz CT molecular complexity index is 812. The Hall–Kier alpha value is -2.69. The summed E-state index contributed by atoms with van der Waals surface area (Å²) in [6.07, 6.45) is -9.30. The number of anilines is 2. The van der Waals surface area contributed by atoms with Crippen molar-refractivity contribution in [2.45, 2.75) is 12.4 Å². The summed E-state index contributed by atoms with van der Waals surface area (Å²) in [6.45, 7) is 0. The van der Waals surface area contributed by atoms with Gasteiger partial charge in [0.25, 0.3) is 0 Å². The molecule has 4 nitrogen and oxygen atoms in total. The number of carbonyl (C=O) groups excluding carboxylic acids is 2. The zero-order valence-corrected chi connectivity index (χ0v) is 15.3. The number of halogens is 6. The maximum absolute atomic E-state index is 12.9. The van der Waals surface area contributed by atoms with Gasteiger partial charge in [0, 0.05) is 0 Å². The second-order valence-electron chi connectivity index (χ2n) is 5.68. The fraction of sp³-hybridized carbons (Fsp3) is 0.222. The largest absolute Gasteiger partial charge is 0.418 e. The Morgan fingerprint density at radius 1 is 0.690 bits per heavy atom. The first kappa shape index (κ1) is 22.6. The molecule has 2 N–H and O–H groups in total. The molecule has 0 aliphatic heterocycles. The van der Waals surface area contributed by atoms with Gasteiger partial charge in [-0.1, -0.05) is 24.3 Å². The molecule has 2 aromatic carbocycles. The van der Waals surface area contributed by atoms with Crippen molar-refractivity contribution in [1.82, 2.24) is 0 Å². The first-order valence-electron chi connectivity index (χ1n) is 7.98. The summed E-state index contributed by atoms with van der Waals surface area (Å²) < 4.78 is 77.3. The summed E-state index contributed by atoms with van der Waals surface area (Å²) >= 11 is 0.748. The highest BCUT2D eigenvalue weighted by Crippen LogP contribution is 2.35. The zero-order chi connectivity index (χ0) is 21.7. The Labute approximate surface area is 165 Å². The van der Waals surface area contributed by atoms with Gasteiger partial charge in [-0.2, -0.15) is 26.3 Å². The molecule has 0 saturated carbocycles. The highest BCUT2D eigenvalue weighted by molar-refractivity contribution is 8.00. The molecule has 0 saturated heterocycles. The number of benzene rings is 2. The maximum Gasteiger partial charge on any atom is 0.418 e. The van der Waals surface area contributed by atoms with E-state index in [1.165, 1.54) is 24.3 Å². The lowest BCUT2D eigenvalue weighted by molar-refractivity contribution is -0.137. The number of nitrogens with one attached hydrogen (secondary N) is 2. The van der Waals surface area contributed by atoms with Crippen LogP contribution in [-0.2, 0) is 21.9 Å². The number of rotatable bonds is 6. The molecule has 0 fully saturated rings. The molecule has 0 aliphatic carbocycles. The maximum atomic E-state index is 12.9. The van der Waals surface area contributed by atoms with Crippen molar-refractivity contribution in [3.05, 3.63) is 59.7 Å². The van der Waals surface area contributed by atoms with E-state index in [-0.39, 0.29) is 11.5 Å². The van der Waals surface area contributed by atoms with Crippen LogP contribution in [0.3, 0.4) is 0 Å². The van der Waals surface area contributed by atoms with Crippen LogP contribution >= 0.6 is 11.8 Å². The molecule has 0 unspecified atom stereocenters. The van der Waals surface area contributed by atoms with E-state index < -0.39 is 46.7 Å². The van der Waals surface area contributed by atoms with Gasteiger partial charge in [-0.05, 0) is 24.3 Å². The topological polar surface area (TPSA) is 58.2 Å². The van der Waals surface area contributed by atoms with E-state index in [9.17, 15) is 35.9 Å². The number of para-hydroxylation sites is 2. The number of hydrogen-bond acceptors (Lipinski definition) is 3.